The van der Waals surface area contributed by atoms with Crippen molar-refractivity contribution >= 4 is 27.5 Å². The number of carbonyl (C=O) groups excluding carboxylic acids is 1. The van der Waals surface area contributed by atoms with Crippen molar-refractivity contribution in [1.29, 1.82) is 0 Å². The van der Waals surface area contributed by atoms with Crippen LogP contribution in [0.2, 0.25) is 0 Å². The lowest BCUT2D eigenvalue weighted by Gasteiger charge is -2.17. The third kappa shape index (κ3) is 4.22. The van der Waals surface area contributed by atoms with Gasteiger partial charge in [-0.1, -0.05) is 48.0 Å². The molecule has 4 aromatic rings. The summed E-state index contributed by atoms with van der Waals surface area (Å²) in [7, 11) is 1.60. The molecule has 4 rings (SSSR count). The summed E-state index contributed by atoms with van der Waals surface area (Å²) in [5.41, 5.74) is 3.61. The molecule has 7 heteroatoms. The van der Waals surface area contributed by atoms with Gasteiger partial charge in [0.25, 0.3) is 5.56 Å². The molecule has 0 spiro atoms. The van der Waals surface area contributed by atoms with Gasteiger partial charge in [-0.3, -0.25) is 14.2 Å². The number of para-hydroxylation sites is 1. The first-order valence-corrected chi connectivity index (χ1v) is 10.8. The largest absolute Gasteiger partial charge is 0.496 e. The van der Waals surface area contributed by atoms with Crippen LogP contribution in [0, 0.1) is 6.92 Å². The van der Waals surface area contributed by atoms with Gasteiger partial charge in [-0.2, -0.15) is 0 Å². The Morgan fingerprint density at radius 2 is 1.94 bits per heavy atom. The Morgan fingerprint density at radius 1 is 1.19 bits per heavy atom. The summed E-state index contributed by atoms with van der Waals surface area (Å²) in [6.07, 6.45) is 1.44. The molecule has 2 heterocycles. The summed E-state index contributed by atoms with van der Waals surface area (Å²) in [5.74, 6) is 0.435. The van der Waals surface area contributed by atoms with Gasteiger partial charge in [0, 0.05) is 16.5 Å². The number of nitrogens with zero attached hydrogens (tertiary/aromatic N) is 2. The highest BCUT2D eigenvalue weighted by molar-refractivity contribution is 7.17. The van der Waals surface area contributed by atoms with E-state index in [9.17, 15) is 9.59 Å². The standard InChI is InChI=1S/C24H23N3O3S/c1-15-8-10-17(11-9-15)19-13-31-23-22(19)24(29)27(14-25-23)12-21(28)26-16(2)18-6-4-5-7-20(18)30-3/h4-11,13-14,16H,12H2,1-3H3,(H,26,28). The molecule has 0 bridgehead atoms. The second-order valence-electron chi connectivity index (χ2n) is 7.40. The van der Waals surface area contributed by atoms with Gasteiger partial charge in [0.2, 0.25) is 5.91 Å². The van der Waals surface area contributed by atoms with Gasteiger partial charge < -0.3 is 10.1 Å². The number of benzene rings is 2. The zero-order valence-electron chi connectivity index (χ0n) is 17.6. The van der Waals surface area contributed by atoms with E-state index in [-0.39, 0.29) is 24.1 Å². The second kappa shape index (κ2) is 8.73. The van der Waals surface area contributed by atoms with E-state index >= 15 is 0 Å². The van der Waals surface area contributed by atoms with E-state index in [1.54, 1.807) is 7.11 Å². The summed E-state index contributed by atoms with van der Waals surface area (Å²) in [4.78, 5) is 30.9. The first kappa shape index (κ1) is 20.8. The van der Waals surface area contributed by atoms with Gasteiger partial charge in [-0.05, 0) is 25.5 Å². The Kier molecular flexibility index (Phi) is 5.86. The Labute approximate surface area is 184 Å². The number of ether oxygens (including phenoxy) is 1. The zero-order chi connectivity index (χ0) is 22.0. The van der Waals surface area contributed by atoms with Crippen LogP contribution in [-0.4, -0.2) is 22.6 Å². The molecule has 1 amide bonds. The maximum Gasteiger partial charge on any atom is 0.263 e. The van der Waals surface area contributed by atoms with Crippen LogP contribution in [0.3, 0.4) is 0 Å². The van der Waals surface area contributed by atoms with Gasteiger partial charge in [-0.25, -0.2) is 4.98 Å². The summed E-state index contributed by atoms with van der Waals surface area (Å²) >= 11 is 1.43. The number of hydrogen-bond acceptors (Lipinski definition) is 5. The fourth-order valence-electron chi connectivity index (χ4n) is 3.57. The third-order valence-electron chi connectivity index (χ3n) is 5.22. The van der Waals surface area contributed by atoms with Crippen molar-refractivity contribution in [2.45, 2.75) is 26.4 Å². The number of nitrogens with one attached hydrogen (secondary N) is 1. The molecule has 0 saturated carbocycles. The number of thiophene rings is 1. The number of rotatable bonds is 6. The number of hydrogen-bond donors (Lipinski definition) is 1. The van der Waals surface area contributed by atoms with Crippen molar-refractivity contribution in [1.82, 2.24) is 14.9 Å². The zero-order valence-corrected chi connectivity index (χ0v) is 18.4. The average molecular weight is 434 g/mol. The van der Waals surface area contributed by atoms with Crippen LogP contribution in [-0.2, 0) is 11.3 Å². The van der Waals surface area contributed by atoms with Crippen molar-refractivity contribution < 1.29 is 9.53 Å². The molecule has 1 N–H and O–H groups in total. The van der Waals surface area contributed by atoms with Crippen LogP contribution >= 0.6 is 11.3 Å². The van der Waals surface area contributed by atoms with Gasteiger partial charge in [0.05, 0.1) is 24.9 Å². The molecular formula is C24H23N3O3S. The number of methoxy groups -OCH3 is 1. The van der Waals surface area contributed by atoms with Gasteiger partial charge in [0.1, 0.15) is 17.1 Å². The average Bonchev–Trinajstić information content (AvgIpc) is 3.21. The van der Waals surface area contributed by atoms with Crippen LogP contribution in [0.25, 0.3) is 21.3 Å². The lowest BCUT2D eigenvalue weighted by atomic mass is 10.1. The van der Waals surface area contributed by atoms with Gasteiger partial charge >= 0.3 is 0 Å². The maximum absolute atomic E-state index is 13.2. The molecule has 1 unspecified atom stereocenters. The molecule has 0 saturated heterocycles. The molecule has 0 radical (unpaired) electrons. The van der Waals surface area contributed by atoms with Crippen molar-refractivity contribution in [3.8, 4) is 16.9 Å². The lowest BCUT2D eigenvalue weighted by Crippen LogP contribution is -2.34. The molecule has 2 aromatic heterocycles. The van der Waals surface area contributed by atoms with Crippen LogP contribution in [0.15, 0.2) is 65.0 Å². The number of amides is 1. The Bertz CT molecular complexity index is 1290. The van der Waals surface area contributed by atoms with Crippen LogP contribution in [0.4, 0.5) is 0 Å². The fourth-order valence-corrected chi connectivity index (χ4v) is 4.48. The molecule has 0 aliphatic heterocycles. The van der Waals surface area contributed by atoms with E-state index in [2.05, 4.69) is 10.3 Å². The molecular weight excluding hydrogens is 410 g/mol. The Morgan fingerprint density at radius 3 is 2.68 bits per heavy atom. The summed E-state index contributed by atoms with van der Waals surface area (Å²) < 4.78 is 6.73. The minimum Gasteiger partial charge on any atom is -0.496 e. The molecule has 0 aliphatic rings. The fraction of sp³-hybridized carbons (Fsp3) is 0.208. The molecule has 2 aromatic carbocycles. The summed E-state index contributed by atoms with van der Waals surface area (Å²) in [6.45, 7) is 3.80. The molecule has 158 valence electrons. The molecule has 0 aliphatic carbocycles. The number of aromatic nitrogens is 2. The number of carbonyl (C=O) groups is 1. The molecule has 0 fully saturated rings. The Hall–Kier alpha value is -3.45. The van der Waals surface area contributed by atoms with Gasteiger partial charge in [-0.15, -0.1) is 11.3 Å². The number of fused-ring (bicyclic) bond motifs is 1. The van der Waals surface area contributed by atoms with E-state index in [1.807, 2.05) is 67.8 Å². The topological polar surface area (TPSA) is 73.2 Å². The van der Waals surface area contributed by atoms with Crippen LogP contribution in [0.1, 0.15) is 24.1 Å². The monoisotopic (exact) mass is 433 g/mol. The molecule has 6 nitrogen and oxygen atoms in total. The smallest absolute Gasteiger partial charge is 0.263 e. The molecule has 31 heavy (non-hydrogen) atoms. The first-order chi connectivity index (χ1) is 15.0. The highest BCUT2D eigenvalue weighted by Gasteiger charge is 2.17. The highest BCUT2D eigenvalue weighted by atomic mass is 32.1. The van der Waals surface area contributed by atoms with Crippen molar-refractivity contribution in [2.24, 2.45) is 0 Å². The lowest BCUT2D eigenvalue weighted by molar-refractivity contribution is -0.122. The van der Waals surface area contributed by atoms with Gasteiger partial charge in [0.15, 0.2) is 0 Å². The minimum atomic E-state index is -0.270. The predicted octanol–water partition coefficient (Wildman–Crippen LogP) is 4.32. The van der Waals surface area contributed by atoms with Crippen LogP contribution < -0.4 is 15.6 Å². The first-order valence-electron chi connectivity index (χ1n) is 9.94. The van der Waals surface area contributed by atoms with E-state index in [4.69, 9.17) is 4.74 Å². The van der Waals surface area contributed by atoms with Crippen molar-refractivity contribution in [3.05, 3.63) is 81.7 Å². The summed E-state index contributed by atoms with van der Waals surface area (Å²) in [6, 6.07) is 15.3. The quantitative estimate of drug-likeness (QED) is 0.492. The van der Waals surface area contributed by atoms with E-state index in [0.717, 1.165) is 22.3 Å². The maximum atomic E-state index is 13.2. The molecule has 1 atom stereocenters. The second-order valence-corrected chi connectivity index (χ2v) is 8.26. The SMILES string of the molecule is COc1ccccc1C(C)NC(=O)Cn1cnc2scc(-c3ccc(C)cc3)c2c1=O. The third-order valence-corrected chi connectivity index (χ3v) is 6.11. The minimum absolute atomic E-state index is 0.107. The van der Waals surface area contributed by atoms with E-state index in [1.165, 1.54) is 22.2 Å². The predicted molar refractivity (Wildman–Crippen MR) is 124 cm³/mol. The van der Waals surface area contributed by atoms with E-state index < -0.39 is 0 Å². The summed E-state index contributed by atoms with van der Waals surface area (Å²) in [5, 5.41) is 5.42. The van der Waals surface area contributed by atoms with Crippen molar-refractivity contribution in [2.75, 3.05) is 7.11 Å². The number of aryl methyl sites for hydroxylation is 1. The highest BCUT2D eigenvalue weighted by Crippen LogP contribution is 2.30. The van der Waals surface area contributed by atoms with E-state index in [0.29, 0.717) is 16.0 Å². The normalized spacial score (nSPS) is 12.0. The van der Waals surface area contributed by atoms with Crippen LogP contribution in [0.5, 0.6) is 5.75 Å². The van der Waals surface area contributed by atoms with Crippen molar-refractivity contribution in [3.63, 3.8) is 0 Å². The Balaban J connectivity index is 1.59.